The van der Waals surface area contributed by atoms with Crippen LogP contribution in [0.25, 0.3) is 0 Å². The predicted molar refractivity (Wildman–Crippen MR) is 36.6 cm³/mol. The molecule has 0 aromatic heterocycles. The summed E-state index contributed by atoms with van der Waals surface area (Å²) < 4.78 is 3.68. The molecule has 8 heavy (non-hydrogen) atoms. The van der Waals surface area contributed by atoms with E-state index < -0.39 is 0 Å². The summed E-state index contributed by atoms with van der Waals surface area (Å²) in [5.41, 5.74) is 0. The third-order valence-electron chi connectivity index (χ3n) is 0.659. The van der Waals surface area contributed by atoms with E-state index in [2.05, 4.69) is 31.2 Å². The molecule has 0 amide bonds. The van der Waals surface area contributed by atoms with Crippen LogP contribution in [-0.4, -0.2) is 60.1 Å². The molecule has 0 aromatic rings. The van der Waals surface area contributed by atoms with E-state index in [0.717, 1.165) is 13.1 Å². The normalized spacial score (nSPS) is 11.2. The van der Waals surface area contributed by atoms with Crippen molar-refractivity contribution in [1.29, 1.82) is 0 Å². The lowest BCUT2D eigenvalue weighted by molar-refractivity contribution is 0.502. The second kappa shape index (κ2) is 4.45. The highest BCUT2D eigenvalue weighted by Gasteiger charge is 1.90. The van der Waals surface area contributed by atoms with Gasteiger partial charge in [0.25, 0.3) is 0 Å². The molecule has 0 aliphatic heterocycles. The van der Waals surface area contributed by atoms with Crippen molar-refractivity contribution in [1.82, 2.24) is 8.80 Å². The molecule has 0 aromatic carbocycles. The SMILES string of the molecule is CN([Si])CCN([Si])[Si]. The van der Waals surface area contributed by atoms with Crippen molar-refractivity contribution in [3.63, 3.8) is 0 Å². The van der Waals surface area contributed by atoms with Gasteiger partial charge >= 0.3 is 0 Å². The number of likely N-dealkylation sites (N-methyl/N-ethyl adjacent to an activating group) is 1. The van der Waals surface area contributed by atoms with E-state index in [4.69, 9.17) is 0 Å². The Hall–Kier alpha value is 0.571. The first-order valence-electron chi connectivity index (χ1n) is 2.25. The third kappa shape index (κ3) is 6.57. The van der Waals surface area contributed by atoms with Crippen molar-refractivity contribution in [2.45, 2.75) is 0 Å². The summed E-state index contributed by atoms with van der Waals surface area (Å²) in [5, 5.41) is 0. The summed E-state index contributed by atoms with van der Waals surface area (Å²) in [5.74, 6) is 0. The average Bonchev–Trinajstić information content (AvgIpc) is 1.61. The molecule has 0 heterocycles. The van der Waals surface area contributed by atoms with E-state index in [1.807, 2.05) is 11.6 Å². The van der Waals surface area contributed by atoms with Gasteiger partial charge in [0.2, 0.25) is 0 Å². The fraction of sp³-hybridized carbons (Fsp3) is 1.00. The Bertz CT molecular complexity index is 48.5. The summed E-state index contributed by atoms with van der Waals surface area (Å²) in [7, 11) is 11.8. The van der Waals surface area contributed by atoms with Crippen molar-refractivity contribution in [2.75, 3.05) is 20.1 Å². The monoisotopic (exact) mass is 155 g/mol. The van der Waals surface area contributed by atoms with Crippen LogP contribution in [0.2, 0.25) is 0 Å². The first-order chi connectivity index (χ1) is 3.63. The van der Waals surface area contributed by atoms with E-state index in [0.29, 0.717) is 0 Å². The van der Waals surface area contributed by atoms with E-state index in [-0.39, 0.29) is 0 Å². The molecule has 0 spiro atoms. The van der Waals surface area contributed by atoms with Crippen LogP contribution in [0.15, 0.2) is 0 Å². The zero-order valence-corrected chi connectivity index (χ0v) is 7.81. The number of nitrogens with zero attached hydrogens (tertiary/aromatic N) is 2. The zero-order valence-electron chi connectivity index (χ0n) is 4.81. The van der Waals surface area contributed by atoms with Gasteiger partial charge in [-0.1, -0.05) is 0 Å². The fourth-order valence-electron chi connectivity index (χ4n) is 0.250. The van der Waals surface area contributed by atoms with E-state index in [9.17, 15) is 0 Å². The topological polar surface area (TPSA) is 6.48 Å². The van der Waals surface area contributed by atoms with E-state index in [1.54, 1.807) is 4.23 Å². The van der Waals surface area contributed by atoms with Gasteiger partial charge in [-0.05, 0) is 13.6 Å². The molecule has 0 unspecified atom stereocenters. The van der Waals surface area contributed by atoms with Crippen molar-refractivity contribution >= 4 is 31.2 Å². The third-order valence-corrected chi connectivity index (χ3v) is 1.33. The molecule has 0 saturated heterocycles. The van der Waals surface area contributed by atoms with Crippen molar-refractivity contribution in [2.24, 2.45) is 0 Å². The minimum absolute atomic E-state index is 0.924. The van der Waals surface area contributed by atoms with Gasteiger partial charge in [0.05, 0.1) is 0 Å². The minimum Gasteiger partial charge on any atom is -0.351 e. The van der Waals surface area contributed by atoms with Crippen molar-refractivity contribution < 1.29 is 0 Å². The summed E-state index contributed by atoms with van der Waals surface area (Å²) in [6, 6.07) is 0. The highest BCUT2D eigenvalue weighted by molar-refractivity contribution is 6.24. The lowest BCUT2D eigenvalue weighted by atomic mass is 10.7. The Kier molecular flexibility index (Phi) is 4.77. The summed E-state index contributed by atoms with van der Waals surface area (Å²) in [6.07, 6.45) is 0. The largest absolute Gasteiger partial charge is 0.351 e. The maximum atomic E-state index is 3.31. The van der Waals surface area contributed by atoms with Gasteiger partial charge in [-0.2, -0.15) is 0 Å². The highest BCUT2D eigenvalue weighted by atomic mass is 28.2. The van der Waals surface area contributed by atoms with Gasteiger partial charge in [-0.15, -0.1) is 0 Å². The zero-order chi connectivity index (χ0) is 6.57. The molecular weight excluding hydrogens is 148 g/mol. The van der Waals surface area contributed by atoms with Crippen LogP contribution in [0.4, 0.5) is 0 Å². The predicted octanol–water partition coefficient (Wildman–Crippen LogP) is -1.53. The molecule has 0 rings (SSSR count). The van der Waals surface area contributed by atoms with Gasteiger partial charge in [0.15, 0.2) is 0 Å². The molecule has 0 atom stereocenters. The van der Waals surface area contributed by atoms with Crippen LogP contribution in [0.3, 0.4) is 0 Å². The first kappa shape index (κ1) is 8.57. The average molecular weight is 155 g/mol. The fourth-order valence-corrected chi connectivity index (χ4v) is 0.550. The van der Waals surface area contributed by atoms with Crippen LogP contribution in [0.1, 0.15) is 0 Å². The molecular formula is C3H7N2Si3. The van der Waals surface area contributed by atoms with Crippen LogP contribution in [0.5, 0.6) is 0 Å². The van der Waals surface area contributed by atoms with Crippen LogP contribution in [-0.2, 0) is 0 Å². The minimum atomic E-state index is 0.924. The molecule has 0 bridgehead atoms. The first-order valence-corrected chi connectivity index (χ1v) is 3.59. The molecule has 2 nitrogen and oxygen atoms in total. The van der Waals surface area contributed by atoms with Crippen LogP contribution < -0.4 is 0 Å². The second-order valence-electron chi connectivity index (χ2n) is 1.57. The Morgan fingerprint density at radius 1 is 1.12 bits per heavy atom. The summed E-state index contributed by atoms with van der Waals surface area (Å²) in [6.45, 7) is 1.89. The lowest BCUT2D eigenvalue weighted by Gasteiger charge is -2.13. The lowest BCUT2D eigenvalue weighted by Crippen LogP contribution is -2.28. The van der Waals surface area contributed by atoms with Gasteiger partial charge in [0.1, 0.15) is 31.2 Å². The Labute approximate surface area is 60.7 Å². The summed E-state index contributed by atoms with van der Waals surface area (Å²) in [4.78, 5) is 0. The molecule has 0 N–H and O–H groups in total. The van der Waals surface area contributed by atoms with Crippen LogP contribution >= 0.6 is 0 Å². The van der Waals surface area contributed by atoms with Crippen molar-refractivity contribution in [3.8, 4) is 0 Å². The quantitative estimate of drug-likeness (QED) is 0.456. The second-order valence-corrected chi connectivity index (χ2v) is 3.86. The van der Waals surface area contributed by atoms with Gasteiger partial charge in [-0.25, -0.2) is 0 Å². The van der Waals surface area contributed by atoms with E-state index >= 15 is 0 Å². The maximum absolute atomic E-state index is 3.31. The van der Waals surface area contributed by atoms with Gasteiger partial charge in [0, 0.05) is 6.54 Å². The van der Waals surface area contributed by atoms with E-state index in [1.165, 1.54) is 0 Å². The molecule has 41 valence electrons. The summed E-state index contributed by atoms with van der Waals surface area (Å²) >= 11 is 0. The smallest absolute Gasteiger partial charge is 0.143 e. The molecule has 0 saturated carbocycles. The van der Waals surface area contributed by atoms with Crippen LogP contribution in [0, 0.1) is 0 Å². The molecule has 0 aliphatic carbocycles. The van der Waals surface area contributed by atoms with Gasteiger partial charge < -0.3 is 8.80 Å². The van der Waals surface area contributed by atoms with Gasteiger partial charge in [-0.3, -0.25) is 0 Å². The standard InChI is InChI=1S/C3H7N2Si3/c1-4(6)2-3-5(7)8/h2-3H2,1H3. The number of rotatable bonds is 3. The molecule has 0 aliphatic rings. The molecule has 0 fully saturated rings. The molecule has 5 heteroatoms. The maximum Gasteiger partial charge on any atom is 0.143 e. The Morgan fingerprint density at radius 2 is 1.62 bits per heavy atom. The highest BCUT2D eigenvalue weighted by Crippen LogP contribution is 1.73. The molecule has 9 radical (unpaired) electrons. The van der Waals surface area contributed by atoms with Crippen molar-refractivity contribution in [3.05, 3.63) is 0 Å². The Balaban J connectivity index is 2.93. The number of hydrogen-bond donors (Lipinski definition) is 0. The number of hydrogen-bond acceptors (Lipinski definition) is 2. The Morgan fingerprint density at radius 3 is 1.75 bits per heavy atom.